The van der Waals surface area contributed by atoms with Gasteiger partial charge in [-0.3, -0.25) is 4.79 Å². The summed E-state index contributed by atoms with van der Waals surface area (Å²) in [5, 5.41) is 4.10. The van der Waals surface area contributed by atoms with E-state index < -0.39 is 0 Å². The van der Waals surface area contributed by atoms with Crippen LogP contribution in [0.3, 0.4) is 0 Å². The molecule has 0 bridgehead atoms. The van der Waals surface area contributed by atoms with Gasteiger partial charge in [0, 0.05) is 11.5 Å². The van der Waals surface area contributed by atoms with Crippen molar-refractivity contribution in [1.29, 1.82) is 0 Å². The number of carbonyl (C=O) groups is 1. The molecule has 4 heteroatoms. The Labute approximate surface area is 104 Å². The molecule has 2 aromatic rings. The van der Waals surface area contributed by atoms with Crippen LogP contribution in [0.15, 0.2) is 18.2 Å². The number of nitrogens with zero attached hydrogens (tertiary/aromatic N) is 1. The summed E-state index contributed by atoms with van der Waals surface area (Å²) < 4.78 is 1.13. The van der Waals surface area contributed by atoms with E-state index in [9.17, 15) is 4.79 Å². The molecule has 0 atom stereocenters. The number of hydrogen-bond acceptors (Lipinski definition) is 4. The maximum atomic E-state index is 12.0. The van der Waals surface area contributed by atoms with Crippen molar-refractivity contribution in [1.82, 2.24) is 10.3 Å². The van der Waals surface area contributed by atoms with Crippen LogP contribution >= 0.6 is 11.3 Å². The molecule has 1 aliphatic carbocycles. The summed E-state index contributed by atoms with van der Waals surface area (Å²) in [6.07, 6.45) is 2.50. The normalized spacial score (nSPS) is 15.4. The second-order valence-electron chi connectivity index (χ2n) is 4.43. The van der Waals surface area contributed by atoms with Crippen LogP contribution in [0, 0.1) is 0 Å². The summed E-state index contributed by atoms with van der Waals surface area (Å²) in [5.41, 5.74) is 1.64. The number of fused-ring (bicyclic) bond motifs is 1. The minimum atomic E-state index is 0.116. The highest BCUT2D eigenvalue weighted by molar-refractivity contribution is 7.18. The Hall–Kier alpha value is -1.26. The van der Waals surface area contributed by atoms with Gasteiger partial charge in [0.25, 0.3) is 0 Å². The number of nitrogens with one attached hydrogen (secondary N) is 1. The van der Waals surface area contributed by atoms with Crippen molar-refractivity contribution < 1.29 is 4.79 Å². The molecular weight excluding hydrogens is 232 g/mol. The third-order valence-corrected chi connectivity index (χ3v) is 4.18. The van der Waals surface area contributed by atoms with E-state index in [4.69, 9.17) is 0 Å². The number of carbonyl (C=O) groups excluding carboxylic acids is 1. The van der Waals surface area contributed by atoms with Gasteiger partial charge >= 0.3 is 0 Å². The maximum absolute atomic E-state index is 12.0. The topological polar surface area (TPSA) is 42.0 Å². The van der Waals surface area contributed by atoms with Gasteiger partial charge in [-0.15, -0.1) is 11.3 Å². The molecule has 0 aliphatic heterocycles. The SMILES string of the molecule is CNCC(=O)c1cccc2sc(C3CC3)nc12. The summed E-state index contributed by atoms with van der Waals surface area (Å²) in [5.74, 6) is 0.769. The van der Waals surface area contributed by atoms with E-state index in [1.54, 1.807) is 18.4 Å². The first-order valence-corrected chi connectivity index (χ1v) is 6.68. The van der Waals surface area contributed by atoms with Crippen LogP contribution in [-0.2, 0) is 0 Å². The van der Waals surface area contributed by atoms with Crippen LogP contribution in [0.5, 0.6) is 0 Å². The molecule has 0 saturated heterocycles. The van der Waals surface area contributed by atoms with Gasteiger partial charge < -0.3 is 5.32 Å². The Morgan fingerprint density at radius 1 is 1.53 bits per heavy atom. The molecule has 0 spiro atoms. The van der Waals surface area contributed by atoms with Crippen LogP contribution in [0.1, 0.15) is 34.1 Å². The minimum Gasteiger partial charge on any atom is -0.313 e. The summed E-state index contributed by atoms with van der Waals surface area (Å²) in [4.78, 5) is 16.6. The Kier molecular flexibility index (Phi) is 2.68. The first-order chi connectivity index (χ1) is 8.29. The van der Waals surface area contributed by atoms with Crippen molar-refractivity contribution in [3.8, 4) is 0 Å². The monoisotopic (exact) mass is 246 g/mol. The van der Waals surface area contributed by atoms with Crippen molar-refractivity contribution in [3.63, 3.8) is 0 Å². The number of hydrogen-bond donors (Lipinski definition) is 1. The summed E-state index contributed by atoms with van der Waals surface area (Å²) in [6, 6.07) is 5.87. The highest BCUT2D eigenvalue weighted by Gasteiger charge is 2.27. The van der Waals surface area contributed by atoms with Gasteiger partial charge in [0.05, 0.1) is 21.8 Å². The molecule has 88 valence electrons. The molecule has 17 heavy (non-hydrogen) atoms. The average Bonchev–Trinajstić information content (AvgIpc) is 3.08. The average molecular weight is 246 g/mol. The Morgan fingerprint density at radius 2 is 2.35 bits per heavy atom. The minimum absolute atomic E-state index is 0.116. The summed E-state index contributed by atoms with van der Waals surface area (Å²) in [7, 11) is 1.79. The van der Waals surface area contributed by atoms with Crippen LogP contribution in [0.25, 0.3) is 10.2 Å². The van der Waals surface area contributed by atoms with E-state index >= 15 is 0 Å². The van der Waals surface area contributed by atoms with Crippen molar-refractivity contribution in [2.75, 3.05) is 13.6 Å². The molecule has 3 rings (SSSR count). The molecule has 1 aromatic carbocycles. The quantitative estimate of drug-likeness (QED) is 0.843. The zero-order valence-electron chi connectivity index (χ0n) is 9.69. The van der Waals surface area contributed by atoms with E-state index in [0.717, 1.165) is 15.8 Å². The highest BCUT2D eigenvalue weighted by Crippen LogP contribution is 2.43. The van der Waals surface area contributed by atoms with Gasteiger partial charge in [0.2, 0.25) is 0 Å². The highest BCUT2D eigenvalue weighted by atomic mass is 32.1. The Balaban J connectivity index is 2.07. The van der Waals surface area contributed by atoms with Gasteiger partial charge in [-0.2, -0.15) is 0 Å². The van der Waals surface area contributed by atoms with Crippen molar-refractivity contribution >= 4 is 27.3 Å². The van der Waals surface area contributed by atoms with Crippen LogP contribution in [0.2, 0.25) is 0 Å². The van der Waals surface area contributed by atoms with E-state index in [2.05, 4.69) is 16.4 Å². The van der Waals surface area contributed by atoms with Gasteiger partial charge in [0.1, 0.15) is 0 Å². The number of benzene rings is 1. The van der Waals surface area contributed by atoms with Crippen LogP contribution < -0.4 is 5.32 Å². The Bertz CT molecular complexity index is 572. The van der Waals surface area contributed by atoms with Gasteiger partial charge in [-0.05, 0) is 32.0 Å². The first-order valence-electron chi connectivity index (χ1n) is 5.87. The number of rotatable bonds is 4. The predicted molar refractivity (Wildman–Crippen MR) is 69.9 cm³/mol. The van der Waals surface area contributed by atoms with E-state index in [1.807, 2.05) is 12.1 Å². The predicted octanol–water partition coefficient (Wildman–Crippen LogP) is 2.58. The second-order valence-corrected chi connectivity index (χ2v) is 5.49. The number of ketones is 1. The number of aromatic nitrogens is 1. The van der Waals surface area contributed by atoms with E-state index in [-0.39, 0.29) is 5.78 Å². The van der Waals surface area contributed by atoms with Crippen LogP contribution in [0.4, 0.5) is 0 Å². The third-order valence-electron chi connectivity index (χ3n) is 3.00. The molecule has 1 N–H and O–H groups in total. The summed E-state index contributed by atoms with van der Waals surface area (Å²) in [6.45, 7) is 0.370. The van der Waals surface area contributed by atoms with Crippen LogP contribution in [-0.4, -0.2) is 24.4 Å². The fourth-order valence-corrected chi connectivity index (χ4v) is 3.11. The third kappa shape index (κ3) is 1.98. The lowest BCUT2D eigenvalue weighted by molar-refractivity contribution is 0.0995. The standard InChI is InChI=1S/C13H14N2OS/c1-14-7-10(16)9-3-2-4-11-12(9)15-13(17-11)8-5-6-8/h2-4,8,14H,5-7H2,1H3. The first kappa shape index (κ1) is 10.9. The fourth-order valence-electron chi connectivity index (χ4n) is 1.95. The lowest BCUT2D eigenvalue weighted by Gasteiger charge is -2.00. The molecule has 0 amide bonds. The van der Waals surface area contributed by atoms with Crippen molar-refractivity contribution in [2.24, 2.45) is 0 Å². The number of para-hydroxylation sites is 1. The molecule has 1 aliphatic rings. The largest absolute Gasteiger partial charge is 0.313 e. The van der Waals surface area contributed by atoms with Crippen molar-refractivity contribution in [2.45, 2.75) is 18.8 Å². The molecule has 1 saturated carbocycles. The van der Waals surface area contributed by atoms with Gasteiger partial charge in [-0.1, -0.05) is 6.07 Å². The molecule has 1 fully saturated rings. The Morgan fingerprint density at radius 3 is 3.06 bits per heavy atom. The molecule has 3 nitrogen and oxygen atoms in total. The zero-order valence-corrected chi connectivity index (χ0v) is 10.5. The number of likely N-dealkylation sites (N-methyl/N-ethyl adjacent to an activating group) is 1. The molecule has 1 aromatic heterocycles. The molecular formula is C13H14N2OS. The molecule has 0 radical (unpaired) electrons. The number of Topliss-reactive ketones (excluding diaryl/α,β-unsaturated/α-hetero) is 1. The lowest BCUT2D eigenvalue weighted by atomic mass is 10.1. The smallest absolute Gasteiger partial charge is 0.178 e. The van der Waals surface area contributed by atoms with E-state index in [1.165, 1.54) is 17.8 Å². The zero-order chi connectivity index (χ0) is 11.8. The number of thiazole rings is 1. The fraction of sp³-hybridized carbons (Fsp3) is 0.385. The second kappa shape index (κ2) is 4.20. The van der Waals surface area contributed by atoms with E-state index in [0.29, 0.717) is 12.5 Å². The lowest BCUT2D eigenvalue weighted by Crippen LogP contribution is -2.18. The summed E-state index contributed by atoms with van der Waals surface area (Å²) >= 11 is 1.73. The van der Waals surface area contributed by atoms with Gasteiger partial charge in [0.15, 0.2) is 5.78 Å². The molecule has 0 unspecified atom stereocenters. The van der Waals surface area contributed by atoms with Gasteiger partial charge in [-0.25, -0.2) is 4.98 Å². The van der Waals surface area contributed by atoms with Crippen molar-refractivity contribution in [3.05, 3.63) is 28.8 Å². The molecule has 1 heterocycles. The maximum Gasteiger partial charge on any atom is 0.178 e.